The van der Waals surface area contributed by atoms with Crippen molar-refractivity contribution in [1.29, 1.82) is 0 Å². The number of carbonyl (C=O) groups is 2. The molecule has 1 atom stereocenters. The highest BCUT2D eigenvalue weighted by atomic mass is 16.5. The predicted octanol–water partition coefficient (Wildman–Crippen LogP) is 1.64. The average molecular weight is 343 g/mol. The Bertz CT molecular complexity index is 799. The molecule has 132 valence electrons. The van der Waals surface area contributed by atoms with Crippen LogP contribution in [0.5, 0.6) is 0 Å². The molecule has 0 spiro atoms. The summed E-state index contributed by atoms with van der Waals surface area (Å²) in [6.07, 6.45) is -0.367. The number of ether oxygens (including phenoxy) is 1. The molecule has 1 unspecified atom stereocenters. The summed E-state index contributed by atoms with van der Waals surface area (Å²) in [5.41, 5.74) is 0.263. The number of carbonyl (C=O) groups excluding carboxylic acids is 2. The van der Waals surface area contributed by atoms with E-state index in [0.717, 1.165) is 0 Å². The molecule has 1 heterocycles. The van der Waals surface area contributed by atoms with Gasteiger partial charge in [0.15, 0.2) is 5.69 Å². The van der Waals surface area contributed by atoms with E-state index in [1.165, 1.54) is 21.7 Å². The molecule has 0 aliphatic carbocycles. The van der Waals surface area contributed by atoms with Crippen molar-refractivity contribution in [2.24, 2.45) is 0 Å². The molecule has 2 rings (SSSR count). The summed E-state index contributed by atoms with van der Waals surface area (Å²) in [5, 5.41) is 4.02. The molecule has 7 heteroatoms. The van der Waals surface area contributed by atoms with E-state index in [1.54, 1.807) is 38.4 Å². The van der Waals surface area contributed by atoms with E-state index >= 15 is 0 Å². The Morgan fingerprint density at radius 1 is 1.16 bits per heavy atom. The first kappa shape index (κ1) is 18.4. The Balaban J connectivity index is 2.30. The fourth-order valence-corrected chi connectivity index (χ4v) is 2.22. The largest absolute Gasteiger partial charge is 0.443 e. The second-order valence-electron chi connectivity index (χ2n) is 5.71. The van der Waals surface area contributed by atoms with E-state index in [9.17, 15) is 14.4 Å². The lowest BCUT2D eigenvalue weighted by Gasteiger charge is -2.21. The second-order valence-corrected chi connectivity index (χ2v) is 5.71. The van der Waals surface area contributed by atoms with Crippen molar-refractivity contribution in [3.8, 4) is 0 Å². The van der Waals surface area contributed by atoms with Gasteiger partial charge in [-0.3, -0.25) is 9.59 Å². The fourth-order valence-electron chi connectivity index (χ4n) is 2.22. The molecule has 1 aromatic heterocycles. The van der Waals surface area contributed by atoms with Gasteiger partial charge in [0.1, 0.15) is 0 Å². The highest BCUT2D eigenvalue weighted by Gasteiger charge is 2.27. The van der Waals surface area contributed by atoms with E-state index in [0.29, 0.717) is 18.5 Å². The maximum absolute atomic E-state index is 12.5. The molecular formula is C18H21N3O4. The van der Waals surface area contributed by atoms with Gasteiger partial charge in [-0.05, 0) is 12.5 Å². The highest BCUT2D eigenvalue weighted by Crippen LogP contribution is 2.20. The van der Waals surface area contributed by atoms with Crippen LogP contribution in [0, 0.1) is 0 Å². The Morgan fingerprint density at radius 2 is 1.84 bits per heavy atom. The first-order valence-electron chi connectivity index (χ1n) is 7.99. The van der Waals surface area contributed by atoms with Gasteiger partial charge in [-0.25, -0.2) is 9.48 Å². The summed E-state index contributed by atoms with van der Waals surface area (Å²) in [5.74, 6) is -1.12. The molecule has 25 heavy (non-hydrogen) atoms. The molecule has 0 saturated carbocycles. The van der Waals surface area contributed by atoms with Crippen molar-refractivity contribution >= 4 is 11.9 Å². The fraction of sp³-hybridized carbons (Fsp3) is 0.333. The van der Waals surface area contributed by atoms with Gasteiger partial charge in [0.25, 0.3) is 11.5 Å². The molecule has 7 nitrogen and oxygen atoms in total. The topological polar surface area (TPSA) is 81.5 Å². The van der Waals surface area contributed by atoms with E-state index in [-0.39, 0.29) is 17.2 Å². The molecule has 1 amide bonds. The summed E-state index contributed by atoms with van der Waals surface area (Å²) in [7, 11) is 3.18. The van der Waals surface area contributed by atoms with Crippen LogP contribution >= 0.6 is 0 Å². The zero-order valence-corrected chi connectivity index (χ0v) is 14.5. The summed E-state index contributed by atoms with van der Waals surface area (Å²) in [6, 6.07) is 11.3. The number of rotatable bonds is 6. The number of nitrogens with zero attached hydrogens (tertiary/aromatic N) is 3. The first-order chi connectivity index (χ1) is 11.9. The minimum absolute atomic E-state index is 0.0134. The number of amides is 1. The molecule has 2 aromatic rings. The predicted molar refractivity (Wildman–Crippen MR) is 92.1 cm³/mol. The van der Waals surface area contributed by atoms with Gasteiger partial charge < -0.3 is 9.64 Å². The number of hydrogen-bond donors (Lipinski definition) is 0. The van der Waals surface area contributed by atoms with Crippen molar-refractivity contribution in [2.75, 3.05) is 14.1 Å². The standard InChI is InChI=1S/C18H21N3O4/c1-4-12-21-15(22)11-10-14(19-21)18(24)25-16(17(23)20(2)3)13-8-6-5-7-9-13/h5-11,16H,4,12H2,1-3H3. The molecule has 0 N–H and O–H groups in total. The van der Waals surface area contributed by atoms with Crippen molar-refractivity contribution in [1.82, 2.24) is 14.7 Å². The number of likely N-dealkylation sites (N-methyl/N-ethyl adjacent to an activating group) is 1. The Hall–Kier alpha value is -2.96. The number of esters is 1. The van der Waals surface area contributed by atoms with Crippen LogP contribution in [0.1, 0.15) is 35.5 Å². The van der Waals surface area contributed by atoms with Gasteiger partial charge in [0.2, 0.25) is 6.10 Å². The SMILES string of the molecule is CCCn1nc(C(=O)OC(C(=O)N(C)C)c2ccccc2)ccc1=O. The lowest BCUT2D eigenvalue weighted by atomic mass is 10.1. The molecule has 1 aromatic carbocycles. The third-order valence-electron chi connectivity index (χ3n) is 3.50. The third kappa shape index (κ3) is 4.53. The van der Waals surface area contributed by atoms with Crippen LogP contribution in [0.15, 0.2) is 47.3 Å². The van der Waals surface area contributed by atoms with E-state index in [4.69, 9.17) is 4.74 Å². The Morgan fingerprint density at radius 3 is 2.44 bits per heavy atom. The Labute approximate surface area is 145 Å². The van der Waals surface area contributed by atoms with Gasteiger partial charge in [-0.15, -0.1) is 0 Å². The van der Waals surface area contributed by atoms with Gasteiger partial charge in [0, 0.05) is 32.3 Å². The van der Waals surface area contributed by atoms with Crippen LogP contribution < -0.4 is 5.56 Å². The number of aryl methyl sites for hydroxylation is 1. The van der Waals surface area contributed by atoms with Crippen LogP contribution in [-0.2, 0) is 16.1 Å². The zero-order chi connectivity index (χ0) is 18.4. The van der Waals surface area contributed by atoms with Gasteiger partial charge in [-0.1, -0.05) is 37.3 Å². The van der Waals surface area contributed by atoms with Crippen LogP contribution in [0.3, 0.4) is 0 Å². The minimum Gasteiger partial charge on any atom is -0.443 e. The number of hydrogen-bond acceptors (Lipinski definition) is 5. The van der Waals surface area contributed by atoms with Crippen LogP contribution in [0.2, 0.25) is 0 Å². The van der Waals surface area contributed by atoms with E-state index < -0.39 is 12.1 Å². The van der Waals surface area contributed by atoms with Gasteiger partial charge in [0.05, 0.1) is 0 Å². The normalized spacial score (nSPS) is 11.6. The molecule has 0 saturated heterocycles. The number of benzene rings is 1. The summed E-state index contributed by atoms with van der Waals surface area (Å²) in [4.78, 5) is 37.9. The van der Waals surface area contributed by atoms with Crippen molar-refractivity contribution < 1.29 is 14.3 Å². The summed E-state index contributed by atoms with van der Waals surface area (Å²) >= 11 is 0. The molecule has 0 radical (unpaired) electrons. The lowest BCUT2D eigenvalue weighted by molar-refractivity contribution is -0.138. The van der Waals surface area contributed by atoms with Gasteiger partial charge >= 0.3 is 5.97 Å². The van der Waals surface area contributed by atoms with Gasteiger partial charge in [-0.2, -0.15) is 5.10 Å². The van der Waals surface area contributed by atoms with Crippen molar-refractivity contribution in [3.63, 3.8) is 0 Å². The van der Waals surface area contributed by atoms with Crippen LogP contribution in [-0.4, -0.2) is 40.7 Å². The number of aromatic nitrogens is 2. The lowest BCUT2D eigenvalue weighted by Crippen LogP contribution is -2.32. The molecule has 0 aliphatic rings. The monoisotopic (exact) mass is 343 g/mol. The van der Waals surface area contributed by atoms with E-state index in [1.807, 2.05) is 13.0 Å². The average Bonchev–Trinajstić information content (AvgIpc) is 2.61. The van der Waals surface area contributed by atoms with Crippen molar-refractivity contribution in [3.05, 3.63) is 64.1 Å². The molecule has 0 aliphatic heterocycles. The zero-order valence-electron chi connectivity index (χ0n) is 14.5. The molecule has 0 bridgehead atoms. The summed E-state index contributed by atoms with van der Waals surface area (Å²) in [6.45, 7) is 2.30. The molecular weight excluding hydrogens is 322 g/mol. The quantitative estimate of drug-likeness (QED) is 0.745. The maximum atomic E-state index is 12.5. The maximum Gasteiger partial charge on any atom is 0.359 e. The first-order valence-corrected chi connectivity index (χ1v) is 7.99. The Kier molecular flexibility index (Phi) is 6.05. The van der Waals surface area contributed by atoms with Crippen LogP contribution in [0.4, 0.5) is 0 Å². The van der Waals surface area contributed by atoms with Crippen molar-refractivity contribution in [2.45, 2.75) is 26.0 Å². The highest BCUT2D eigenvalue weighted by molar-refractivity contribution is 5.91. The minimum atomic E-state index is -1.07. The smallest absolute Gasteiger partial charge is 0.359 e. The second kappa shape index (κ2) is 8.23. The van der Waals surface area contributed by atoms with E-state index in [2.05, 4.69) is 5.10 Å². The summed E-state index contributed by atoms with van der Waals surface area (Å²) < 4.78 is 6.62. The molecule has 0 fully saturated rings. The third-order valence-corrected chi connectivity index (χ3v) is 3.50. The van der Waals surface area contributed by atoms with Crippen LogP contribution in [0.25, 0.3) is 0 Å².